The molecular formula is C13H17N5O. The summed E-state index contributed by atoms with van der Waals surface area (Å²) in [6, 6.07) is 2.29. The zero-order valence-corrected chi connectivity index (χ0v) is 10.6. The van der Waals surface area contributed by atoms with Gasteiger partial charge in [-0.25, -0.2) is 9.97 Å². The van der Waals surface area contributed by atoms with Gasteiger partial charge in [0.25, 0.3) is 5.91 Å². The molecule has 1 aliphatic carbocycles. The molecule has 6 heteroatoms. The van der Waals surface area contributed by atoms with E-state index < -0.39 is 0 Å². The van der Waals surface area contributed by atoms with Crippen molar-refractivity contribution in [2.75, 3.05) is 0 Å². The minimum Gasteiger partial charge on any atom is -0.348 e. The molecule has 3 N–H and O–H groups in total. The Kier molecular flexibility index (Phi) is 3.16. The molecule has 0 saturated heterocycles. The van der Waals surface area contributed by atoms with Crippen molar-refractivity contribution in [1.82, 2.24) is 19.7 Å². The van der Waals surface area contributed by atoms with E-state index in [0.29, 0.717) is 11.5 Å². The summed E-state index contributed by atoms with van der Waals surface area (Å²) in [6.07, 6.45) is 8.85. The van der Waals surface area contributed by atoms with E-state index in [1.165, 1.54) is 0 Å². The number of nitrogens with two attached hydrogens (primary N) is 1. The van der Waals surface area contributed by atoms with Crippen molar-refractivity contribution in [3.05, 3.63) is 30.4 Å². The fourth-order valence-electron chi connectivity index (χ4n) is 2.52. The van der Waals surface area contributed by atoms with Gasteiger partial charge in [0.2, 0.25) is 5.78 Å². The molecule has 0 radical (unpaired) electrons. The number of imidazole rings is 1. The van der Waals surface area contributed by atoms with Crippen LogP contribution >= 0.6 is 0 Å². The first-order chi connectivity index (χ1) is 9.24. The Bertz CT molecular complexity index is 585. The van der Waals surface area contributed by atoms with Crippen LogP contribution in [-0.2, 0) is 0 Å². The molecule has 0 unspecified atom stereocenters. The topological polar surface area (TPSA) is 85.3 Å². The molecule has 2 aromatic heterocycles. The summed E-state index contributed by atoms with van der Waals surface area (Å²) in [7, 11) is 0. The van der Waals surface area contributed by atoms with Crippen LogP contribution in [0.15, 0.2) is 24.7 Å². The molecule has 0 aliphatic heterocycles. The number of rotatable bonds is 2. The highest BCUT2D eigenvalue weighted by Gasteiger charge is 2.21. The van der Waals surface area contributed by atoms with E-state index in [1.807, 2.05) is 0 Å². The number of carbonyl (C=O) groups is 1. The number of nitrogens with zero attached hydrogens (tertiary/aromatic N) is 3. The molecule has 100 valence electrons. The average molecular weight is 259 g/mol. The Morgan fingerprint density at radius 1 is 1.32 bits per heavy atom. The largest absolute Gasteiger partial charge is 0.348 e. The number of carbonyl (C=O) groups excluding carboxylic acids is 1. The summed E-state index contributed by atoms with van der Waals surface area (Å²) in [5, 5.41) is 3.05. The normalized spacial score (nSPS) is 23.4. The van der Waals surface area contributed by atoms with Crippen LogP contribution in [0.5, 0.6) is 0 Å². The van der Waals surface area contributed by atoms with Gasteiger partial charge in [0.05, 0.1) is 6.20 Å². The first kappa shape index (κ1) is 12.1. The Hall–Kier alpha value is -1.95. The summed E-state index contributed by atoms with van der Waals surface area (Å²) < 4.78 is 1.70. The second-order valence-electron chi connectivity index (χ2n) is 5.02. The van der Waals surface area contributed by atoms with E-state index in [-0.39, 0.29) is 18.0 Å². The van der Waals surface area contributed by atoms with Crippen molar-refractivity contribution in [1.29, 1.82) is 0 Å². The minimum absolute atomic E-state index is 0.0963. The van der Waals surface area contributed by atoms with Crippen LogP contribution in [0.25, 0.3) is 5.78 Å². The second kappa shape index (κ2) is 4.97. The summed E-state index contributed by atoms with van der Waals surface area (Å²) in [6.45, 7) is 0. The van der Waals surface area contributed by atoms with Crippen molar-refractivity contribution >= 4 is 11.7 Å². The van der Waals surface area contributed by atoms with E-state index in [2.05, 4.69) is 15.3 Å². The summed E-state index contributed by atoms with van der Waals surface area (Å²) in [4.78, 5) is 20.5. The molecule has 2 aromatic rings. The Labute approximate surface area is 111 Å². The molecule has 1 amide bonds. The van der Waals surface area contributed by atoms with Crippen LogP contribution in [0.1, 0.15) is 36.2 Å². The van der Waals surface area contributed by atoms with E-state index >= 15 is 0 Å². The maximum absolute atomic E-state index is 12.2. The zero-order valence-electron chi connectivity index (χ0n) is 10.6. The molecule has 1 fully saturated rings. The lowest BCUT2D eigenvalue weighted by atomic mass is 9.92. The maximum Gasteiger partial charge on any atom is 0.270 e. The fraction of sp³-hybridized carbons (Fsp3) is 0.462. The van der Waals surface area contributed by atoms with Gasteiger partial charge in [0, 0.05) is 24.5 Å². The molecule has 0 aromatic carbocycles. The smallest absolute Gasteiger partial charge is 0.270 e. The van der Waals surface area contributed by atoms with E-state index in [4.69, 9.17) is 5.73 Å². The average Bonchev–Trinajstić information content (AvgIpc) is 2.85. The van der Waals surface area contributed by atoms with Crippen molar-refractivity contribution in [3.63, 3.8) is 0 Å². The van der Waals surface area contributed by atoms with Crippen LogP contribution < -0.4 is 11.1 Å². The SMILES string of the molecule is N[C@H]1CC[C@H](NC(=O)c2cnc3ncccn23)CC1. The van der Waals surface area contributed by atoms with Gasteiger partial charge < -0.3 is 11.1 Å². The van der Waals surface area contributed by atoms with Crippen molar-refractivity contribution < 1.29 is 4.79 Å². The van der Waals surface area contributed by atoms with Crippen LogP contribution in [0.2, 0.25) is 0 Å². The van der Waals surface area contributed by atoms with Gasteiger partial charge in [-0.05, 0) is 31.7 Å². The molecule has 0 spiro atoms. The van der Waals surface area contributed by atoms with Gasteiger partial charge in [0.15, 0.2) is 0 Å². The summed E-state index contributed by atoms with van der Waals surface area (Å²) in [5.41, 5.74) is 6.39. The number of aromatic nitrogens is 3. The molecule has 3 rings (SSSR count). The number of amides is 1. The number of nitrogens with one attached hydrogen (secondary N) is 1. The third-order valence-electron chi connectivity index (χ3n) is 3.63. The van der Waals surface area contributed by atoms with Gasteiger partial charge in [-0.3, -0.25) is 9.20 Å². The Morgan fingerprint density at radius 3 is 2.89 bits per heavy atom. The molecule has 6 nitrogen and oxygen atoms in total. The molecule has 1 aliphatic rings. The van der Waals surface area contributed by atoms with Crippen LogP contribution in [0.4, 0.5) is 0 Å². The van der Waals surface area contributed by atoms with Crippen molar-refractivity contribution in [2.24, 2.45) is 5.73 Å². The second-order valence-corrected chi connectivity index (χ2v) is 5.02. The molecular weight excluding hydrogens is 242 g/mol. The summed E-state index contributed by atoms with van der Waals surface area (Å²) >= 11 is 0. The highest BCUT2D eigenvalue weighted by atomic mass is 16.2. The zero-order chi connectivity index (χ0) is 13.2. The van der Waals surface area contributed by atoms with Crippen molar-refractivity contribution in [2.45, 2.75) is 37.8 Å². The maximum atomic E-state index is 12.2. The van der Waals surface area contributed by atoms with Gasteiger partial charge >= 0.3 is 0 Å². The Morgan fingerprint density at radius 2 is 2.11 bits per heavy atom. The Balaban J connectivity index is 1.73. The predicted octanol–water partition coefficient (Wildman–Crippen LogP) is 0.729. The van der Waals surface area contributed by atoms with Crippen LogP contribution in [0.3, 0.4) is 0 Å². The summed E-state index contributed by atoms with van der Waals surface area (Å²) in [5.74, 6) is 0.444. The molecule has 0 atom stereocenters. The quantitative estimate of drug-likeness (QED) is 0.832. The van der Waals surface area contributed by atoms with Gasteiger partial charge in [-0.1, -0.05) is 0 Å². The van der Waals surface area contributed by atoms with Crippen LogP contribution in [-0.4, -0.2) is 32.4 Å². The van der Waals surface area contributed by atoms with E-state index in [1.54, 1.807) is 29.1 Å². The lowest BCUT2D eigenvalue weighted by molar-refractivity contribution is 0.0920. The number of hydrogen-bond acceptors (Lipinski definition) is 4. The molecule has 1 saturated carbocycles. The van der Waals surface area contributed by atoms with E-state index in [0.717, 1.165) is 25.7 Å². The fourth-order valence-corrected chi connectivity index (χ4v) is 2.52. The standard InChI is InChI=1S/C13H17N5O/c14-9-2-4-10(5-3-9)17-12(19)11-8-16-13-15-6-1-7-18(11)13/h1,6-10H,2-5,14H2,(H,17,19)/t9-,10-. The third kappa shape index (κ3) is 2.44. The van der Waals surface area contributed by atoms with E-state index in [9.17, 15) is 4.79 Å². The number of fused-ring (bicyclic) bond motifs is 1. The van der Waals surface area contributed by atoms with Crippen molar-refractivity contribution in [3.8, 4) is 0 Å². The third-order valence-corrected chi connectivity index (χ3v) is 3.63. The van der Waals surface area contributed by atoms with Gasteiger partial charge in [-0.2, -0.15) is 0 Å². The highest BCUT2D eigenvalue weighted by Crippen LogP contribution is 2.17. The minimum atomic E-state index is -0.0963. The van der Waals surface area contributed by atoms with Crippen LogP contribution in [0, 0.1) is 0 Å². The lowest BCUT2D eigenvalue weighted by Crippen LogP contribution is -2.40. The van der Waals surface area contributed by atoms with Gasteiger partial charge in [0.1, 0.15) is 5.69 Å². The number of hydrogen-bond donors (Lipinski definition) is 2. The lowest BCUT2D eigenvalue weighted by Gasteiger charge is -2.26. The monoisotopic (exact) mass is 259 g/mol. The van der Waals surface area contributed by atoms with Gasteiger partial charge in [-0.15, -0.1) is 0 Å². The highest BCUT2D eigenvalue weighted by molar-refractivity contribution is 5.93. The first-order valence-electron chi connectivity index (χ1n) is 6.58. The molecule has 19 heavy (non-hydrogen) atoms. The molecule has 2 heterocycles. The first-order valence-corrected chi connectivity index (χ1v) is 6.58. The molecule has 0 bridgehead atoms. The predicted molar refractivity (Wildman–Crippen MR) is 70.7 cm³/mol.